The van der Waals surface area contributed by atoms with Gasteiger partial charge in [-0.25, -0.2) is 0 Å². The van der Waals surface area contributed by atoms with Crippen LogP contribution >= 0.6 is 11.8 Å². The molecule has 4 heteroatoms. The van der Waals surface area contributed by atoms with E-state index in [2.05, 4.69) is 213 Å². The van der Waals surface area contributed by atoms with Crippen LogP contribution in [0.2, 0.25) is 19.6 Å². The van der Waals surface area contributed by atoms with Crippen LogP contribution in [0.1, 0.15) is 0 Å². The van der Waals surface area contributed by atoms with Crippen LogP contribution < -0.4 is 26.5 Å². The van der Waals surface area contributed by atoms with Gasteiger partial charge in [-0.05, 0) is 68.6 Å². The fourth-order valence-corrected chi connectivity index (χ4v) is 11.0. The number of fused-ring (bicyclic) bond motifs is 4. The molecule has 0 radical (unpaired) electrons. The fraction of sp³-hybridized carbons (Fsp3) is 0.0588. The van der Waals surface area contributed by atoms with Crippen molar-refractivity contribution < 1.29 is 0 Å². The number of rotatable bonds is 6. The Hall–Kier alpha value is -5.81. The van der Waals surface area contributed by atoms with Crippen molar-refractivity contribution in [2.75, 3.05) is 4.90 Å². The molecule has 0 bridgehead atoms. The normalized spacial score (nSPS) is 12.9. The number of hydrogen-bond acceptors (Lipinski definition) is 2. The molecule has 0 amide bonds. The highest BCUT2D eigenvalue weighted by Crippen LogP contribution is 2.49. The molecule has 0 spiro atoms. The molecule has 8 aromatic carbocycles. The van der Waals surface area contributed by atoms with Gasteiger partial charge in [0.15, 0.2) is 0 Å². The van der Waals surface area contributed by atoms with Crippen molar-refractivity contribution in [1.29, 1.82) is 0 Å². The maximum atomic E-state index is 2.64. The maximum absolute atomic E-state index is 2.64. The van der Waals surface area contributed by atoms with E-state index in [1.807, 2.05) is 11.8 Å². The van der Waals surface area contributed by atoms with Crippen molar-refractivity contribution in [3.8, 4) is 44.5 Å². The SMILES string of the molecule is C[Si](C)(C)c1cc2c3c(c1)N(c1c(-c4ccccc4)cccc1-c1ccccc1)c1ccc(-c4ccccc4)cc1B3c1cc(-c3ccccc3)ccc1S2. The molecule has 0 aromatic heterocycles. The van der Waals surface area contributed by atoms with Gasteiger partial charge in [0.1, 0.15) is 0 Å². The molecule has 55 heavy (non-hydrogen) atoms. The summed E-state index contributed by atoms with van der Waals surface area (Å²) in [6.45, 7) is 7.51. The summed E-state index contributed by atoms with van der Waals surface area (Å²) < 4.78 is 0. The van der Waals surface area contributed by atoms with Crippen LogP contribution in [0, 0.1) is 0 Å². The highest BCUT2D eigenvalue weighted by atomic mass is 32.2. The van der Waals surface area contributed by atoms with Crippen molar-refractivity contribution in [3.63, 3.8) is 0 Å². The average molecular weight is 738 g/mol. The molecule has 0 atom stereocenters. The molecule has 0 unspecified atom stereocenters. The highest BCUT2D eigenvalue weighted by molar-refractivity contribution is 8.00. The van der Waals surface area contributed by atoms with Gasteiger partial charge in [0.25, 0.3) is 0 Å². The maximum Gasteiger partial charge on any atom is 0.249 e. The van der Waals surface area contributed by atoms with E-state index in [1.165, 1.54) is 92.9 Å². The summed E-state index contributed by atoms with van der Waals surface area (Å²) in [5, 5.41) is 1.48. The Morgan fingerprint density at radius 1 is 0.418 bits per heavy atom. The summed E-state index contributed by atoms with van der Waals surface area (Å²) in [6, 6.07) is 69.9. The molecule has 2 aliphatic rings. The van der Waals surface area contributed by atoms with Crippen molar-refractivity contribution in [3.05, 3.63) is 188 Å². The van der Waals surface area contributed by atoms with Crippen LogP contribution in [0.15, 0.2) is 198 Å². The minimum atomic E-state index is -1.75. The predicted molar refractivity (Wildman–Crippen MR) is 241 cm³/mol. The first-order valence-electron chi connectivity index (χ1n) is 19.2. The minimum absolute atomic E-state index is 0.0690. The van der Waals surface area contributed by atoms with Crippen LogP contribution in [0.4, 0.5) is 17.1 Å². The molecule has 2 aliphatic heterocycles. The standard InChI is InChI=1S/C51H40BNSSi/c1-55(2,3)41-33-47-50-49(34-41)54-48-30-28-40(36-19-10-5-11-20-36)32-45(48)52(50)44-31-39(35-17-8-4-9-18-35)27-29-46(44)53(47)51-42(37-21-12-6-13-22-37)25-16-26-43(51)38-23-14-7-15-24-38/h4-34H,1-3H3. The molecule has 262 valence electrons. The fourth-order valence-electron chi connectivity index (χ4n) is 8.53. The second-order valence-corrected chi connectivity index (χ2v) is 21.9. The number of nitrogens with zero attached hydrogens (tertiary/aromatic N) is 1. The number of hydrogen-bond donors (Lipinski definition) is 0. The second kappa shape index (κ2) is 13.5. The summed E-state index contributed by atoms with van der Waals surface area (Å²) in [7, 11) is -1.75. The molecule has 0 saturated heterocycles. The van der Waals surface area contributed by atoms with Crippen LogP contribution in [0.3, 0.4) is 0 Å². The van der Waals surface area contributed by atoms with E-state index in [1.54, 1.807) is 0 Å². The van der Waals surface area contributed by atoms with Gasteiger partial charge in [-0.3, -0.25) is 0 Å². The molecule has 0 N–H and O–H groups in total. The van der Waals surface area contributed by atoms with E-state index in [9.17, 15) is 0 Å². The summed E-state index contributed by atoms with van der Waals surface area (Å²) >= 11 is 1.95. The lowest BCUT2D eigenvalue weighted by atomic mass is 9.34. The number of para-hydroxylation sites is 1. The molecule has 0 aliphatic carbocycles. The van der Waals surface area contributed by atoms with Gasteiger partial charge in [0.2, 0.25) is 6.71 Å². The molecule has 1 nitrogen and oxygen atoms in total. The van der Waals surface area contributed by atoms with E-state index in [-0.39, 0.29) is 6.71 Å². The van der Waals surface area contributed by atoms with Crippen molar-refractivity contribution in [2.45, 2.75) is 29.4 Å². The van der Waals surface area contributed by atoms with Gasteiger partial charge < -0.3 is 4.90 Å². The first-order valence-corrected chi connectivity index (χ1v) is 23.5. The van der Waals surface area contributed by atoms with Crippen LogP contribution in [0.5, 0.6) is 0 Å². The van der Waals surface area contributed by atoms with E-state index in [0.717, 1.165) is 0 Å². The molecular weight excluding hydrogens is 698 g/mol. The minimum Gasteiger partial charge on any atom is -0.310 e. The summed E-state index contributed by atoms with van der Waals surface area (Å²) in [5.74, 6) is 0. The third kappa shape index (κ3) is 5.88. The third-order valence-electron chi connectivity index (χ3n) is 11.3. The molecule has 0 fully saturated rings. The Kier molecular flexibility index (Phi) is 8.28. The van der Waals surface area contributed by atoms with Crippen molar-refractivity contribution >= 4 is 65.2 Å². The topological polar surface area (TPSA) is 3.24 Å². The lowest BCUT2D eigenvalue weighted by molar-refractivity contribution is 1.27. The first kappa shape index (κ1) is 33.7. The predicted octanol–water partition coefficient (Wildman–Crippen LogP) is 11.7. The van der Waals surface area contributed by atoms with Gasteiger partial charge in [0, 0.05) is 32.3 Å². The first-order chi connectivity index (χ1) is 26.9. The zero-order valence-corrected chi connectivity index (χ0v) is 33.1. The second-order valence-electron chi connectivity index (χ2n) is 15.7. The molecular formula is C51H40BNSSi. The van der Waals surface area contributed by atoms with E-state index in [0.29, 0.717) is 0 Å². The zero-order chi connectivity index (χ0) is 37.1. The lowest BCUT2D eigenvalue weighted by Crippen LogP contribution is -2.60. The van der Waals surface area contributed by atoms with Gasteiger partial charge >= 0.3 is 0 Å². The monoisotopic (exact) mass is 737 g/mol. The Labute approximate surface area is 330 Å². The largest absolute Gasteiger partial charge is 0.310 e. The quantitative estimate of drug-likeness (QED) is 0.156. The Balaban J connectivity index is 1.32. The lowest BCUT2D eigenvalue weighted by Gasteiger charge is -2.42. The number of anilines is 3. The van der Waals surface area contributed by atoms with Gasteiger partial charge in [-0.1, -0.05) is 206 Å². The Bertz CT molecular complexity index is 2650. The molecule has 8 aromatic rings. The highest BCUT2D eigenvalue weighted by Gasteiger charge is 2.43. The Morgan fingerprint density at radius 3 is 1.47 bits per heavy atom. The van der Waals surface area contributed by atoms with Crippen LogP contribution in [0.25, 0.3) is 44.5 Å². The van der Waals surface area contributed by atoms with E-state index >= 15 is 0 Å². The molecule has 2 heterocycles. The number of benzene rings is 8. The zero-order valence-electron chi connectivity index (χ0n) is 31.3. The summed E-state index contributed by atoms with van der Waals surface area (Å²) in [5.41, 5.74) is 17.7. The average Bonchev–Trinajstić information content (AvgIpc) is 3.24. The van der Waals surface area contributed by atoms with Crippen molar-refractivity contribution in [2.24, 2.45) is 0 Å². The van der Waals surface area contributed by atoms with E-state index < -0.39 is 8.07 Å². The van der Waals surface area contributed by atoms with Gasteiger partial charge in [-0.2, -0.15) is 0 Å². The molecule has 10 rings (SSSR count). The van der Waals surface area contributed by atoms with Crippen LogP contribution in [-0.4, -0.2) is 14.8 Å². The smallest absolute Gasteiger partial charge is 0.249 e. The summed E-state index contributed by atoms with van der Waals surface area (Å²) in [4.78, 5) is 5.36. The van der Waals surface area contributed by atoms with Crippen molar-refractivity contribution in [1.82, 2.24) is 0 Å². The summed E-state index contributed by atoms with van der Waals surface area (Å²) in [6.07, 6.45) is 0. The van der Waals surface area contributed by atoms with Gasteiger partial charge in [-0.15, -0.1) is 0 Å². The van der Waals surface area contributed by atoms with Crippen LogP contribution in [-0.2, 0) is 0 Å². The Morgan fingerprint density at radius 2 is 0.927 bits per heavy atom. The van der Waals surface area contributed by atoms with Gasteiger partial charge in [0.05, 0.1) is 13.8 Å². The molecule has 0 saturated carbocycles. The van der Waals surface area contributed by atoms with E-state index in [4.69, 9.17) is 0 Å². The third-order valence-corrected chi connectivity index (χ3v) is 14.4.